The van der Waals surface area contributed by atoms with E-state index in [-0.39, 0.29) is 0 Å². The summed E-state index contributed by atoms with van der Waals surface area (Å²) in [5.41, 5.74) is 9.42. The molecule has 0 radical (unpaired) electrons. The molecule has 0 aliphatic carbocycles. The van der Waals surface area contributed by atoms with Gasteiger partial charge >= 0.3 is 0 Å². The van der Waals surface area contributed by atoms with Crippen molar-refractivity contribution in [2.75, 3.05) is 20.2 Å². The summed E-state index contributed by atoms with van der Waals surface area (Å²) in [7, 11) is 1.70. The molecule has 2 saturated heterocycles. The van der Waals surface area contributed by atoms with Gasteiger partial charge in [-0.1, -0.05) is 12.1 Å². The Bertz CT molecular complexity index is 927. The van der Waals surface area contributed by atoms with Crippen molar-refractivity contribution in [3.63, 3.8) is 0 Å². The van der Waals surface area contributed by atoms with Gasteiger partial charge in [0.2, 0.25) is 0 Å². The standard InChI is InChI=1S/C22H25N5O2/c1-28-17-6-4-16(5-7-17)21-18-14-27(9-8-19(18)25-26-21)13-15-11-23-22(24-12-15)20-3-2-10-29-20/h2-7,10-12,18-19,21,25-26H,8-9,13-14H2,1H3. The molecule has 29 heavy (non-hydrogen) atoms. The largest absolute Gasteiger partial charge is 0.497 e. The van der Waals surface area contributed by atoms with E-state index in [9.17, 15) is 0 Å². The number of aromatic nitrogens is 2. The third-order valence-electron chi connectivity index (χ3n) is 5.92. The molecule has 3 aromatic rings. The van der Waals surface area contributed by atoms with Crippen molar-refractivity contribution in [2.24, 2.45) is 5.92 Å². The van der Waals surface area contributed by atoms with E-state index in [1.165, 1.54) is 5.56 Å². The van der Waals surface area contributed by atoms with E-state index in [0.29, 0.717) is 29.6 Å². The maximum atomic E-state index is 5.37. The summed E-state index contributed by atoms with van der Waals surface area (Å²) in [6.07, 6.45) is 6.57. The topological polar surface area (TPSA) is 75.5 Å². The molecule has 3 atom stereocenters. The zero-order valence-corrected chi connectivity index (χ0v) is 16.4. The van der Waals surface area contributed by atoms with Crippen LogP contribution in [0.4, 0.5) is 0 Å². The zero-order valence-electron chi connectivity index (χ0n) is 16.4. The van der Waals surface area contributed by atoms with Gasteiger partial charge in [-0.05, 0) is 36.2 Å². The van der Waals surface area contributed by atoms with Crippen LogP contribution in [0.3, 0.4) is 0 Å². The van der Waals surface area contributed by atoms with Crippen LogP contribution in [0.15, 0.2) is 59.5 Å². The van der Waals surface area contributed by atoms with E-state index in [4.69, 9.17) is 9.15 Å². The average molecular weight is 391 g/mol. The Hall–Kier alpha value is -2.74. The summed E-state index contributed by atoms with van der Waals surface area (Å²) in [4.78, 5) is 11.4. The number of hydrazine groups is 1. The van der Waals surface area contributed by atoms with Crippen molar-refractivity contribution in [1.82, 2.24) is 25.7 Å². The number of hydrogen-bond donors (Lipinski definition) is 2. The summed E-state index contributed by atoms with van der Waals surface area (Å²) in [6, 6.07) is 12.9. The van der Waals surface area contributed by atoms with Gasteiger partial charge in [-0.25, -0.2) is 15.4 Å². The predicted molar refractivity (Wildman–Crippen MR) is 109 cm³/mol. The Kier molecular flexibility index (Phi) is 5.01. The number of likely N-dealkylation sites (tertiary alicyclic amines) is 1. The smallest absolute Gasteiger partial charge is 0.195 e. The number of fused-ring (bicyclic) bond motifs is 1. The van der Waals surface area contributed by atoms with E-state index >= 15 is 0 Å². The first-order chi connectivity index (χ1) is 14.3. The summed E-state index contributed by atoms with van der Waals surface area (Å²) in [5, 5.41) is 0. The number of ether oxygens (including phenoxy) is 1. The number of rotatable bonds is 5. The SMILES string of the molecule is COc1ccc(C2NNC3CCN(Cc4cnc(-c5ccco5)nc4)CC32)cc1. The molecule has 3 unspecified atom stereocenters. The highest BCUT2D eigenvalue weighted by molar-refractivity contribution is 5.45. The fourth-order valence-corrected chi connectivity index (χ4v) is 4.39. The fourth-order valence-electron chi connectivity index (χ4n) is 4.39. The van der Waals surface area contributed by atoms with Crippen LogP contribution >= 0.6 is 0 Å². The first-order valence-corrected chi connectivity index (χ1v) is 10.0. The number of benzene rings is 1. The number of piperidine rings is 1. The molecule has 2 aliphatic rings. The van der Waals surface area contributed by atoms with E-state index in [2.05, 4.69) is 37.9 Å². The quantitative estimate of drug-likeness (QED) is 0.693. The van der Waals surface area contributed by atoms with Gasteiger partial charge < -0.3 is 9.15 Å². The monoisotopic (exact) mass is 391 g/mol. The Balaban J connectivity index is 1.26. The van der Waals surface area contributed by atoms with Gasteiger partial charge in [0, 0.05) is 49.6 Å². The molecule has 0 saturated carbocycles. The summed E-state index contributed by atoms with van der Waals surface area (Å²) in [6.45, 7) is 2.95. The Morgan fingerprint density at radius 3 is 2.69 bits per heavy atom. The molecule has 2 N–H and O–H groups in total. The second kappa shape index (κ2) is 7.94. The lowest BCUT2D eigenvalue weighted by atomic mass is 9.85. The first-order valence-electron chi connectivity index (χ1n) is 10.0. The van der Waals surface area contributed by atoms with Crippen molar-refractivity contribution in [3.05, 3.63) is 66.2 Å². The fraction of sp³-hybridized carbons (Fsp3) is 0.364. The van der Waals surface area contributed by atoms with Crippen LogP contribution in [-0.2, 0) is 6.54 Å². The minimum Gasteiger partial charge on any atom is -0.497 e. The molecule has 2 fully saturated rings. The zero-order chi connectivity index (χ0) is 19.6. The first kappa shape index (κ1) is 18.3. The van der Waals surface area contributed by atoms with Crippen molar-refractivity contribution < 1.29 is 9.15 Å². The van der Waals surface area contributed by atoms with Crippen molar-refractivity contribution in [1.29, 1.82) is 0 Å². The summed E-state index contributed by atoms with van der Waals surface area (Å²) < 4.78 is 10.7. The van der Waals surface area contributed by atoms with Gasteiger partial charge in [0.05, 0.1) is 19.4 Å². The number of furan rings is 1. The Morgan fingerprint density at radius 2 is 1.97 bits per heavy atom. The molecule has 150 valence electrons. The van der Waals surface area contributed by atoms with E-state index < -0.39 is 0 Å². The van der Waals surface area contributed by atoms with Crippen LogP contribution in [0.1, 0.15) is 23.6 Å². The van der Waals surface area contributed by atoms with Gasteiger partial charge in [0.25, 0.3) is 0 Å². The normalized spacial score (nSPS) is 24.4. The van der Waals surface area contributed by atoms with E-state index in [1.807, 2.05) is 36.7 Å². The van der Waals surface area contributed by atoms with E-state index in [1.54, 1.807) is 13.4 Å². The van der Waals surface area contributed by atoms with Crippen LogP contribution in [0.2, 0.25) is 0 Å². The highest BCUT2D eigenvalue weighted by Crippen LogP contribution is 2.34. The molecule has 0 amide bonds. The maximum absolute atomic E-state index is 5.37. The molecule has 7 heteroatoms. The molecule has 4 heterocycles. The second-order valence-electron chi connectivity index (χ2n) is 7.73. The lowest BCUT2D eigenvalue weighted by Crippen LogP contribution is -2.45. The van der Waals surface area contributed by atoms with Crippen LogP contribution < -0.4 is 15.6 Å². The van der Waals surface area contributed by atoms with Crippen molar-refractivity contribution in [2.45, 2.75) is 25.0 Å². The number of nitrogens with one attached hydrogen (secondary N) is 2. The second-order valence-corrected chi connectivity index (χ2v) is 7.73. The van der Waals surface area contributed by atoms with Gasteiger partial charge in [-0.2, -0.15) is 0 Å². The molecule has 0 bridgehead atoms. The molecular formula is C22H25N5O2. The molecular weight excluding hydrogens is 366 g/mol. The number of hydrogen-bond acceptors (Lipinski definition) is 7. The number of methoxy groups -OCH3 is 1. The predicted octanol–water partition coefficient (Wildman–Crippen LogP) is 2.78. The molecule has 1 aromatic carbocycles. The average Bonchev–Trinajstić information content (AvgIpc) is 3.44. The van der Waals surface area contributed by atoms with Crippen LogP contribution in [0, 0.1) is 5.92 Å². The Morgan fingerprint density at radius 1 is 1.14 bits per heavy atom. The van der Waals surface area contributed by atoms with Crippen LogP contribution in [-0.4, -0.2) is 41.1 Å². The maximum Gasteiger partial charge on any atom is 0.195 e. The molecule has 0 spiro atoms. The van der Waals surface area contributed by atoms with Gasteiger partial charge in [-0.15, -0.1) is 0 Å². The van der Waals surface area contributed by atoms with Crippen molar-refractivity contribution in [3.8, 4) is 17.3 Å². The van der Waals surface area contributed by atoms with E-state index in [0.717, 1.165) is 37.4 Å². The van der Waals surface area contributed by atoms with Gasteiger partial charge in [-0.3, -0.25) is 10.3 Å². The molecule has 2 aliphatic heterocycles. The molecule has 2 aromatic heterocycles. The van der Waals surface area contributed by atoms with Gasteiger partial charge in [0.1, 0.15) is 5.75 Å². The summed E-state index contributed by atoms with van der Waals surface area (Å²) >= 11 is 0. The Labute approximate surface area is 170 Å². The molecule has 7 nitrogen and oxygen atoms in total. The van der Waals surface area contributed by atoms with Crippen LogP contribution in [0.5, 0.6) is 5.75 Å². The minimum absolute atomic E-state index is 0.297. The highest BCUT2D eigenvalue weighted by atomic mass is 16.5. The summed E-state index contributed by atoms with van der Waals surface area (Å²) in [5.74, 6) is 2.73. The van der Waals surface area contributed by atoms with Crippen LogP contribution in [0.25, 0.3) is 11.6 Å². The lowest BCUT2D eigenvalue weighted by molar-refractivity contribution is 0.148. The third kappa shape index (κ3) is 3.76. The highest BCUT2D eigenvalue weighted by Gasteiger charge is 2.40. The van der Waals surface area contributed by atoms with Crippen molar-refractivity contribution >= 4 is 0 Å². The lowest BCUT2D eigenvalue weighted by Gasteiger charge is -2.36. The van der Waals surface area contributed by atoms with Gasteiger partial charge in [0.15, 0.2) is 11.6 Å². The molecule has 5 rings (SSSR count). The number of nitrogens with zero attached hydrogens (tertiary/aromatic N) is 3. The third-order valence-corrected chi connectivity index (χ3v) is 5.92. The minimum atomic E-state index is 0.297.